The number of ether oxygens (including phenoxy) is 1. The van der Waals surface area contributed by atoms with Crippen LogP contribution in [0.1, 0.15) is 60.8 Å². The number of carboxylic acids is 1. The highest BCUT2D eigenvalue weighted by Gasteiger charge is 2.48. The largest absolute Gasteiger partial charge is 0.510 e. The molecule has 0 radical (unpaired) electrons. The van der Waals surface area contributed by atoms with Gasteiger partial charge in [0.1, 0.15) is 11.7 Å². The Hall–Kier alpha value is -4.86. The van der Waals surface area contributed by atoms with E-state index in [4.69, 9.17) is 19.7 Å². The van der Waals surface area contributed by atoms with E-state index in [1.165, 1.54) is 14.0 Å². The molecule has 8 bridgehead atoms. The van der Waals surface area contributed by atoms with Crippen LogP contribution in [0.2, 0.25) is 0 Å². The summed E-state index contributed by atoms with van der Waals surface area (Å²) in [7, 11) is 1.34. The van der Waals surface area contributed by atoms with Crippen LogP contribution in [0.5, 0.6) is 0 Å². The fourth-order valence-corrected chi connectivity index (χ4v) is 7.21. The van der Waals surface area contributed by atoms with Gasteiger partial charge in [0.05, 0.1) is 41.3 Å². The highest BCUT2D eigenvalue weighted by Crippen LogP contribution is 2.48. The Morgan fingerprint density at radius 2 is 1.67 bits per heavy atom. The minimum absolute atomic E-state index is 0.107. The first-order valence-electron chi connectivity index (χ1n) is 15.2. The number of carbonyl (C=O) groups excluding carboxylic acids is 2. The number of allylic oxidation sites excluding steroid dienone is 11. The van der Waals surface area contributed by atoms with E-state index in [2.05, 4.69) is 5.32 Å². The maximum atomic E-state index is 12.9. The van der Waals surface area contributed by atoms with Gasteiger partial charge in [-0.1, -0.05) is 13.8 Å². The van der Waals surface area contributed by atoms with Crippen LogP contribution in [-0.4, -0.2) is 52.2 Å². The molecule has 0 spiro atoms. The quantitative estimate of drug-likeness (QED) is 0.337. The Morgan fingerprint density at radius 3 is 2.31 bits per heavy atom. The van der Waals surface area contributed by atoms with Gasteiger partial charge in [-0.05, 0) is 81.1 Å². The summed E-state index contributed by atoms with van der Waals surface area (Å²) in [4.78, 5) is 52.7. The zero-order valence-corrected chi connectivity index (χ0v) is 26.5. The predicted molar refractivity (Wildman–Crippen MR) is 170 cm³/mol. The van der Waals surface area contributed by atoms with Gasteiger partial charge in [-0.3, -0.25) is 14.4 Å². The number of aliphatic hydroxyl groups is 1. The molecule has 6 aliphatic rings. The molecule has 0 aromatic carbocycles. The van der Waals surface area contributed by atoms with Crippen LogP contribution >= 0.6 is 0 Å². The average Bonchev–Trinajstić information content (AvgIpc) is 3.72. The Bertz CT molecular complexity index is 1870. The molecule has 3 atom stereocenters. The SMILES string of the molecule is CCC1=C(C)C2=NC1=CC1=C(C)C3=C(O)C(C(=O)O)C(=C4NC(=CC5=NC(=C2)C(C(C)=O)=C5C)[C@@H](C)[C@@H]4CCC(=O)OC)C3=N1. The van der Waals surface area contributed by atoms with E-state index in [9.17, 15) is 24.6 Å². The molecule has 0 aromatic rings. The number of esters is 1. The molecule has 6 rings (SSSR count). The first-order valence-corrected chi connectivity index (χ1v) is 15.2. The third-order valence-electron chi connectivity index (χ3n) is 9.66. The summed E-state index contributed by atoms with van der Waals surface area (Å²) in [5.41, 5.74) is 9.62. The number of hydrogen-bond acceptors (Lipinski definition) is 9. The minimum atomic E-state index is -1.33. The van der Waals surface area contributed by atoms with E-state index >= 15 is 0 Å². The number of nitrogens with one attached hydrogen (secondary N) is 1. The summed E-state index contributed by atoms with van der Waals surface area (Å²) in [5, 5.41) is 25.3. The van der Waals surface area contributed by atoms with E-state index in [-0.39, 0.29) is 35.8 Å². The van der Waals surface area contributed by atoms with Crippen molar-refractivity contribution in [2.45, 2.75) is 60.8 Å². The van der Waals surface area contributed by atoms with Crippen LogP contribution in [0.25, 0.3) is 0 Å². The number of aliphatic carboxylic acids is 1. The average molecular weight is 609 g/mol. The van der Waals surface area contributed by atoms with Crippen molar-refractivity contribution in [3.8, 4) is 0 Å². The molecule has 10 nitrogen and oxygen atoms in total. The summed E-state index contributed by atoms with van der Waals surface area (Å²) < 4.78 is 4.92. The zero-order chi connectivity index (χ0) is 32.5. The third-order valence-corrected chi connectivity index (χ3v) is 9.66. The number of rotatable bonds is 6. The van der Waals surface area contributed by atoms with E-state index in [1.807, 2.05) is 52.8 Å². The highest BCUT2D eigenvalue weighted by molar-refractivity contribution is 6.24. The lowest BCUT2D eigenvalue weighted by molar-refractivity contribution is -0.141. The van der Waals surface area contributed by atoms with Crippen molar-refractivity contribution < 1.29 is 29.3 Å². The van der Waals surface area contributed by atoms with Crippen LogP contribution in [0.15, 0.2) is 106 Å². The fraction of sp³-hybridized carbons (Fsp3) is 0.371. The Balaban J connectivity index is 1.66. The molecule has 10 heteroatoms. The molecule has 232 valence electrons. The molecule has 3 N–H and O–H groups in total. The van der Waals surface area contributed by atoms with Gasteiger partial charge in [0.2, 0.25) is 0 Å². The van der Waals surface area contributed by atoms with Gasteiger partial charge in [-0.15, -0.1) is 0 Å². The van der Waals surface area contributed by atoms with E-state index in [0.717, 1.165) is 28.1 Å². The number of carbonyl (C=O) groups is 3. The number of aliphatic hydroxyl groups excluding tert-OH is 1. The lowest BCUT2D eigenvalue weighted by Gasteiger charge is -2.19. The molecule has 1 saturated heterocycles. The molecule has 0 amide bonds. The Labute approximate surface area is 261 Å². The molecule has 0 aromatic heterocycles. The molecular weight excluding hydrogens is 572 g/mol. The predicted octanol–water partition coefficient (Wildman–Crippen LogP) is 5.51. The van der Waals surface area contributed by atoms with E-state index < -0.39 is 11.9 Å². The van der Waals surface area contributed by atoms with Gasteiger partial charge in [0, 0.05) is 46.4 Å². The van der Waals surface area contributed by atoms with Crippen molar-refractivity contribution in [1.29, 1.82) is 0 Å². The summed E-state index contributed by atoms with van der Waals surface area (Å²) in [5.74, 6) is -3.77. The maximum absolute atomic E-state index is 12.9. The molecule has 5 heterocycles. The van der Waals surface area contributed by atoms with E-state index in [1.54, 1.807) is 0 Å². The third kappa shape index (κ3) is 4.62. The second-order valence-electron chi connectivity index (χ2n) is 12.1. The van der Waals surface area contributed by atoms with Gasteiger partial charge in [0.25, 0.3) is 0 Å². The van der Waals surface area contributed by atoms with Gasteiger partial charge in [-0.25, -0.2) is 15.0 Å². The van der Waals surface area contributed by atoms with Crippen LogP contribution in [0.3, 0.4) is 0 Å². The lowest BCUT2D eigenvalue weighted by Crippen LogP contribution is -2.23. The van der Waals surface area contributed by atoms with Crippen LogP contribution in [0, 0.1) is 17.8 Å². The van der Waals surface area contributed by atoms with Crippen LogP contribution in [0.4, 0.5) is 0 Å². The first-order chi connectivity index (χ1) is 21.4. The van der Waals surface area contributed by atoms with Crippen molar-refractivity contribution in [3.63, 3.8) is 0 Å². The second kappa shape index (κ2) is 10.9. The van der Waals surface area contributed by atoms with Crippen molar-refractivity contribution in [1.82, 2.24) is 5.32 Å². The van der Waals surface area contributed by atoms with Gasteiger partial charge < -0.3 is 20.3 Å². The number of aliphatic imine (C=N–C) groups is 3. The van der Waals surface area contributed by atoms with Gasteiger partial charge in [0.15, 0.2) is 5.78 Å². The fourth-order valence-electron chi connectivity index (χ4n) is 7.21. The first kappa shape index (κ1) is 30.2. The molecule has 1 aliphatic carbocycles. The number of ketones is 1. The monoisotopic (exact) mass is 608 g/mol. The molecule has 1 unspecified atom stereocenters. The number of methoxy groups -OCH3 is 1. The Morgan fingerprint density at radius 1 is 0.978 bits per heavy atom. The number of fused-ring (bicyclic) bond motifs is 5. The standard InChI is InChI=1S/C35H36N4O6/c1-8-19-14(2)21-13-26-28(18(6)40)16(4)23(37-26)11-22-15(3)20(9-10-27(41)45-7)32(38-22)30-31(35(43)44)34(42)29-17(5)24(39-33(29)30)12-25(19)36-21/h11-13,15,20,31,38,42H,8-10H2,1-7H3,(H,43,44)/t15-,20-,31?/m0/s1. The molecule has 1 fully saturated rings. The Kier molecular flexibility index (Phi) is 7.34. The topological polar surface area (TPSA) is 150 Å². The number of hydrogen-bond donors (Lipinski definition) is 3. The minimum Gasteiger partial charge on any atom is -0.510 e. The molecule has 0 saturated carbocycles. The zero-order valence-electron chi connectivity index (χ0n) is 26.5. The summed E-state index contributed by atoms with van der Waals surface area (Å²) in [6.07, 6.45) is 6.83. The normalized spacial score (nSPS) is 25.4. The van der Waals surface area contributed by atoms with Crippen molar-refractivity contribution in [2.75, 3.05) is 7.11 Å². The number of nitrogens with zero attached hydrogens (tertiary/aromatic N) is 3. The van der Waals surface area contributed by atoms with Crippen molar-refractivity contribution in [2.24, 2.45) is 32.7 Å². The van der Waals surface area contributed by atoms with Crippen molar-refractivity contribution in [3.05, 3.63) is 91.5 Å². The second-order valence-corrected chi connectivity index (χ2v) is 12.1. The van der Waals surface area contributed by atoms with Gasteiger partial charge in [-0.2, -0.15) is 0 Å². The van der Waals surface area contributed by atoms with E-state index in [0.29, 0.717) is 69.4 Å². The smallest absolute Gasteiger partial charge is 0.318 e. The van der Waals surface area contributed by atoms with Gasteiger partial charge >= 0.3 is 11.9 Å². The molecule has 45 heavy (non-hydrogen) atoms. The lowest BCUT2D eigenvalue weighted by atomic mass is 9.84. The summed E-state index contributed by atoms with van der Waals surface area (Å²) in [6.45, 7) is 11.3. The number of Topliss-reactive ketones (excluding diaryl/α,β-unsaturated/α-hetero) is 1. The van der Waals surface area contributed by atoms with Crippen molar-refractivity contribution >= 4 is 34.9 Å². The molecular formula is C35H36N4O6. The summed E-state index contributed by atoms with van der Waals surface area (Å²) in [6, 6.07) is 0. The highest BCUT2D eigenvalue weighted by atomic mass is 16.5. The number of carboxylic acid groups (broad SMARTS) is 1. The maximum Gasteiger partial charge on any atom is 0.318 e. The summed E-state index contributed by atoms with van der Waals surface area (Å²) >= 11 is 0. The van der Waals surface area contributed by atoms with Crippen LogP contribution in [-0.2, 0) is 19.1 Å². The van der Waals surface area contributed by atoms with Crippen LogP contribution < -0.4 is 5.32 Å². The molecule has 5 aliphatic heterocycles.